The number of likely N-dealkylation sites (N-methyl/N-ethyl adjacent to an activating group) is 1. The van der Waals surface area contributed by atoms with Crippen LogP contribution in [0.15, 0.2) is 48.5 Å². The van der Waals surface area contributed by atoms with Crippen molar-refractivity contribution < 1.29 is 19.4 Å². The van der Waals surface area contributed by atoms with Crippen LogP contribution in [0.2, 0.25) is 0 Å². The van der Waals surface area contributed by atoms with E-state index in [2.05, 4.69) is 50.1 Å². The van der Waals surface area contributed by atoms with Crippen LogP contribution in [0, 0.1) is 5.92 Å². The fraction of sp³-hybridized carbons (Fsp3) is 0.581. The molecule has 0 saturated carbocycles. The molecule has 2 aromatic carbocycles. The summed E-state index contributed by atoms with van der Waals surface area (Å²) in [7, 11) is 6.04. The van der Waals surface area contributed by atoms with Crippen LogP contribution in [0.1, 0.15) is 56.0 Å². The first-order chi connectivity index (χ1) is 18.2. The van der Waals surface area contributed by atoms with Gasteiger partial charge in [-0.3, -0.25) is 9.69 Å². The van der Waals surface area contributed by atoms with Gasteiger partial charge in [0.25, 0.3) is 5.91 Å². The molecule has 0 spiro atoms. The van der Waals surface area contributed by atoms with E-state index in [1.165, 1.54) is 5.56 Å². The Morgan fingerprint density at radius 1 is 1.08 bits per heavy atom. The van der Waals surface area contributed by atoms with Gasteiger partial charge in [-0.1, -0.05) is 37.3 Å². The van der Waals surface area contributed by atoms with Gasteiger partial charge in [0.2, 0.25) is 0 Å². The Kier molecular flexibility index (Phi) is 11.4. The summed E-state index contributed by atoms with van der Waals surface area (Å²) in [6.07, 6.45) is 2.77. The zero-order valence-electron chi connectivity index (χ0n) is 24.1. The Morgan fingerprint density at radius 2 is 1.82 bits per heavy atom. The smallest absolute Gasteiger partial charge is 0.258 e. The Hall–Kier alpha value is -2.61. The molecule has 1 aliphatic rings. The van der Waals surface area contributed by atoms with Crippen LogP contribution in [0.3, 0.4) is 0 Å². The summed E-state index contributed by atoms with van der Waals surface area (Å²) in [6.45, 7) is 8.72. The largest absolute Gasteiger partial charge is 0.490 e. The van der Waals surface area contributed by atoms with Crippen molar-refractivity contribution in [2.45, 2.75) is 64.8 Å². The number of hydrogen-bond acceptors (Lipinski definition) is 6. The molecule has 210 valence electrons. The van der Waals surface area contributed by atoms with Gasteiger partial charge in [0.1, 0.15) is 5.75 Å². The Balaban J connectivity index is 1.90. The van der Waals surface area contributed by atoms with Gasteiger partial charge in [-0.05, 0) is 63.9 Å². The third-order valence-corrected chi connectivity index (χ3v) is 7.34. The van der Waals surface area contributed by atoms with Crippen molar-refractivity contribution >= 4 is 11.6 Å². The number of ether oxygens (including phenoxy) is 2. The van der Waals surface area contributed by atoms with Crippen LogP contribution >= 0.6 is 0 Å². The number of rotatable bonds is 7. The first kappa shape index (κ1) is 29.9. The molecule has 0 unspecified atom stereocenters. The van der Waals surface area contributed by atoms with E-state index in [9.17, 15) is 9.90 Å². The minimum absolute atomic E-state index is 0.0230. The Labute approximate surface area is 229 Å². The summed E-state index contributed by atoms with van der Waals surface area (Å²) >= 11 is 0. The average Bonchev–Trinajstić information content (AvgIpc) is 2.90. The van der Waals surface area contributed by atoms with Crippen molar-refractivity contribution in [2.75, 3.05) is 52.3 Å². The number of anilines is 1. The fourth-order valence-corrected chi connectivity index (χ4v) is 4.92. The second-order valence-corrected chi connectivity index (χ2v) is 11.1. The third-order valence-electron chi connectivity index (χ3n) is 7.34. The molecule has 0 aliphatic carbocycles. The van der Waals surface area contributed by atoms with Crippen molar-refractivity contribution in [3.63, 3.8) is 0 Å². The maximum Gasteiger partial charge on any atom is 0.258 e. The molecule has 0 fully saturated rings. The summed E-state index contributed by atoms with van der Waals surface area (Å²) in [5.74, 6) is 0.538. The van der Waals surface area contributed by atoms with Crippen LogP contribution in [-0.2, 0) is 11.3 Å². The molecule has 3 rings (SSSR count). The molecule has 4 atom stereocenters. The normalized spacial score (nSPS) is 22.4. The highest BCUT2D eigenvalue weighted by atomic mass is 16.5. The van der Waals surface area contributed by atoms with Gasteiger partial charge in [0.15, 0.2) is 0 Å². The maximum absolute atomic E-state index is 14.1. The lowest BCUT2D eigenvalue weighted by molar-refractivity contribution is -0.0177. The van der Waals surface area contributed by atoms with E-state index in [0.717, 1.165) is 38.0 Å². The van der Waals surface area contributed by atoms with E-state index in [0.29, 0.717) is 24.5 Å². The van der Waals surface area contributed by atoms with Crippen molar-refractivity contribution in [2.24, 2.45) is 5.92 Å². The number of hydrogen-bond donors (Lipinski definition) is 1. The fourth-order valence-electron chi connectivity index (χ4n) is 4.92. The molecule has 0 aromatic heterocycles. The minimum Gasteiger partial charge on any atom is -0.490 e. The molecule has 1 amide bonds. The molecule has 7 nitrogen and oxygen atoms in total. The predicted octanol–water partition coefficient (Wildman–Crippen LogP) is 4.68. The number of aliphatic hydroxyl groups excluding tert-OH is 1. The van der Waals surface area contributed by atoms with Gasteiger partial charge < -0.3 is 24.4 Å². The third kappa shape index (κ3) is 8.45. The number of carbonyl (C=O) groups is 1. The van der Waals surface area contributed by atoms with E-state index in [1.54, 1.807) is 4.90 Å². The second-order valence-electron chi connectivity index (χ2n) is 11.1. The standard InChI is InChI=1S/C31H47N3O4/c1-23-19-34(24(2)22-35)31(36)28-18-27(32(4)5)15-16-29(28)38-25(3)12-10-11-17-37-30(23)21-33(6)20-26-13-8-7-9-14-26/h7-9,13-16,18,23-25,30,35H,10-12,17,19-22H2,1-6H3/t23-,24+,25-,30-/m0/s1. The molecule has 0 bridgehead atoms. The van der Waals surface area contributed by atoms with Gasteiger partial charge in [-0.2, -0.15) is 0 Å². The SMILES string of the molecule is C[C@H](CO)N1C[C@H](C)[C@H](CN(C)Cc2ccccc2)OCCCC[C@H](C)Oc2ccc(N(C)C)cc2C1=O. The summed E-state index contributed by atoms with van der Waals surface area (Å²) in [6, 6.07) is 15.9. The highest BCUT2D eigenvalue weighted by molar-refractivity contribution is 5.98. The minimum atomic E-state index is -0.339. The Morgan fingerprint density at radius 3 is 2.50 bits per heavy atom. The monoisotopic (exact) mass is 525 g/mol. The van der Waals surface area contributed by atoms with Gasteiger partial charge in [0.05, 0.1) is 30.4 Å². The molecular formula is C31H47N3O4. The van der Waals surface area contributed by atoms with Crippen LogP contribution in [0.25, 0.3) is 0 Å². The predicted molar refractivity (Wildman–Crippen MR) is 154 cm³/mol. The first-order valence-electron chi connectivity index (χ1n) is 13.9. The van der Waals surface area contributed by atoms with Crippen LogP contribution in [-0.4, -0.2) is 86.5 Å². The Bertz CT molecular complexity index is 1000. The lowest BCUT2D eigenvalue weighted by Gasteiger charge is -2.36. The molecule has 1 heterocycles. The van der Waals surface area contributed by atoms with Crippen molar-refractivity contribution in [3.05, 3.63) is 59.7 Å². The van der Waals surface area contributed by atoms with Crippen molar-refractivity contribution in [1.29, 1.82) is 0 Å². The quantitative estimate of drug-likeness (QED) is 0.566. The zero-order chi connectivity index (χ0) is 27.7. The second kappa shape index (κ2) is 14.5. The van der Waals surface area contributed by atoms with E-state index in [-0.39, 0.29) is 36.7 Å². The van der Waals surface area contributed by atoms with Crippen LogP contribution in [0.5, 0.6) is 5.75 Å². The van der Waals surface area contributed by atoms with Gasteiger partial charge in [0, 0.05) is 51.9 Å². The first-order valence-corrected chi connectivity index (χ1v) is 13.9. The van der Waals surface area contributed by atoms with E-state index in [4.69, 9.17) is 9.47 Å². The number of aliphatic hydroxyl groups is 1. The summed E-state index contributed by atoms with van der Waals surface area (Å²) < 4.78 is 12.8. The summed E-state index contributed by atoms with van der Waals surface area (Å²) in [4.78, 5) is 20.1. The lowest BCUT2D eigenvalue weighted by atomic mass is 10.0. The zero-order valence-corrected chi connectivity index (χ0v) is 24.1. The molecule has 2 aromatic rings. The molecule has 7 heteroatoms. The van der Waals surface area contributed by atoms with Crippen LogP contribution < -0.4 is 9.64 Å². The summed E-state index contributed by atoms with van der Waals surface area (Å²) in [5.41, 5.74) is 2.73. The molecule has 1 aliphatic heterocycles. The van der Waals surface area contributed by atoms with E-state index >= 15 is 0 Å². The van der Waals surface area contributed by atoms with Crippen molar-refractivity contribution in [3.8, 4) is 5.75 Å². The molecule has 0 saturated heterocycles. The van der Waals surface area contributed by atoms with Gasteiger partial charge in [-0.25, -0.2) is 0 Å². The number of amides is 1. The summed E-state index contributed by atoms with van der Waals surface area (Å²) in [5, 5.41) is 10.1. The number of nitrogens with zero attached hydrogens (tertiary/aromatic N) is 3. The lowest BCUT2D eigenvalue weighted by Crippen LogP contribution is -2.47. The number of benzene rings is 2. The molecular weight excluding hydrogens is 478 g/mol. The highest BCUT2D eigenvalue weighted by Crippen LogP contribution is 2.29. The van der Waals surface area contributed by atoms with Gasteiger partial charge >= 0.3 is 0 Å². The van der Waals surface area contributed by atoms with E-state index in [1.807, 2.05) is 50.2 Å². The maximum atomic E-state index is 14.1. The van der Waals surface area contributed by atoms with Crippen LogP contribution in [0.4, 0.5) is 5.69 Å². The average molecular weight is 526 g/mol. The molecule has 1 N–H and O–H groups in total. The van der Waals surface area contributed by atoms with Crippen molar-refractivity contribution in [1.82, 2.24) is 9.80 Å². The number of carbonyl (C=O) groups excluding carboxylic acids is 1. The topological polar surface area (TPSA) is 65.5 Å². The molecule has 38 heavy (non-hydrogen) atoms. The number of fused-ring (bicyclic) bond motifs is 1. The van der Waals surface area contributed by atoms with E-state index < -0.39 is 0 Å². The molecule has 0 radical (unpaired) electrons. The highest BCUT2D eigenvalue weighted by Gasteiger charge is 2.30. The van der Waals surface area contributed by atoms with Gasteiger partial charge in [-0.15, -0.1) is 0 Å².